The number of carbonyl (C=O) groups excluding carboxylic acids is 1. The van der Waals surface area contributed by atoms with Gasteiger partial charge in [0.15, 0.2) is 0 Å². The van der Waals surface area contributed by atoms with E-state index >= 15 is 0 Å². The van der Waals surface area contributed by atoms with Crippen molar-refractivity contribution in [3.63, 3.8) is 0 Å². The molecule has 0 aromatic carbocycles. The standard InChI is InChI=1S/C12H24N2O/c1-10(2)4-3-5-11(15)14-9-12(8-13)6-7-12/h10H,3-9,13H2,1-2H3,(H,14,15). The van der Waals surface area contributed by atoms with Gasteiger partial charge in [0, 0.05) is 13.0 Å². The number of amides is 1. The molecule has 0 aromatic heterocycles. The first-order valence-electron chi connectivity index (χ1n) is 6.05. The third kappa shape index (κ3) is 4.65. The van der Waals surface area contributed by atoms with Crippen LogP contribution in [-0.4, -0.2) is 19.0 Å². The Morgan fingerprint density at radius 1 is 1.47 bits per heavy atom. The molecule has 0 radical (unpaired) electrons. The van der Waals surface area contributed by atoms with Crippen LogP contribution in [0.3, 0.4) is 0 Å². The van der Waals surface area contributed by atoms with E-state index in [-0.39, 0.29) is 11.3 Å². The van der Waals surface area contributed by atoms with Crippen LogP contribution in [0.25, 0.3) is 0 Å². The van der Waals surface area contributed by atoms with Crippen molar-refractivity contribution in [3.05, 3.63) is 0 Å². The Hall–Kier alpha value is -0.570. The maximum absolute atomic E-state index is 11.5. The first-order valence-corrected chi connectivity index (χ1v) is 6.05. The van der Waals surface area contributed by atoms with Crippen LogP contribution in [0.2, 0.25) is 0 Å². The minimum absolute atomic E-state index is 0.190. The van der Waals surface area contributed by atoms with Gasteiger partial charge in [-0.25, -0.2) is 0 Å². The number of carbonyl (C=O) groups is 1. The second kappa shape index (κ2) is 5.50. The molecular weight excluding hydrogens is 188 g/mol. The summed E-state index contributed by atoms with van der Waals surface area (Å²) in [6, 6.07) is 0. The molecule has 0 spiro atoms. The summed E-state index contributed by atoms with van der Waals surface area (Å²) in [7, 11) is 0. The van der Waals surface area contributed by atoms with Crippen LogP contribution in [0, 0.1) is 11.3 Å². The minimum atomic E-state index is 0.190. The van der Waals surface area contributed by atoms with Gasteiger partial charge in [0.1, 0.15) is 0 Å². The van der Waals surface area contributed by atoms with Crippen molar-refractivity contribution in [2.24, 2.45) is 17.1 Å². The lowest BCUT2D eigenvalue weighted by Crippen LogP contribution is -2.33. The molecule has 88 valence electrons. The van der Waals surface area contributed by atoms with Crippen molar-refractivity contribution in [3.8, 4) is 0 Å². The molecule has 1 rings (SSSR count). The quantitative estimate of drug-likeness (QED) is 0.674. The summed E-state index contributed by atoms with van der Waals surface area (Å²) >= 11 is 0. The summed E-state index contributed by atoms with van der Waals surface area (Å²) in [6.45, 7) is 5.86. The second-order valence-corrected chi connectivity index (χ2v) is 5.27. The number of nitrogens with two attached hydrogens (primary N) is 1. The molecule has 0 atom stereocenters. The van der Waals surface area contributed by atoms with Gasteiger partial charge in [0.2, 0.25) is 5.91 Å². The molecule has 1 aliphatic carbocycles. The fourth-order valence-electron chi connectivity index (χ4n) is 1.68. The number of hydrogen-bond acceptors (Lipinski definition) is 2. The summed E-state index contributed by atoms with van der Waals surface area (Å²) < 4.78 is 0. The lowest BCUT2D eigenvalue weighted by atomic mass is 10.1. The molecule has 0 aromatic rings. The number of rotatable bonds is 7. The van der Waals surface area contributed by atoms with Gasteiger partial charge in [-0.3, -0.25) is 4.79 Å². The molecule has 1 saturated carbocycles. The maximum Gasteiger partial charge on any atom is 0.220 e. The largest absolute Gasteiger partial charge is 0.355 e. The van der Waals surface area contributed by atoms with Crippen LogP contribution in [0.1, 0.15) is 46.0 Å². The van der Waals surface area contributed by atoms with Crippen LogP contribution in [0.15, 0.2) is 0 Å². The Morgan fingerprint density at radius 3 is 2.60 bits per heavy atom. The lowest BCUT2D eigenvalue weighted by molar-refractivity contribution is -0.121. The predicted molar refractivity (Wildman–Crippen MR) is 62.4 cm³/mol. The zero-order valence-corrected chi connectivity index (χ0v) is 10.0. The van der Waals surface area contributed by atoms with Gasteiger partial charge < -0.3 is 11.1 Å². The molecule has 0 heterocycles. The molecule has 0 saturated heterocycles. The summed E-state index contributed by atoms with van der Waals surface area (Å²) in [5.41, 5.74) is 5.90. The molecule has 1 fully saturated rings. The highest BCUT2D eigenvalue weighted by atomic mass is 16.1. The summed E-state index contributed by atoms with van der Waals surface area (Å²) in [5, 5.41) is 2.99. The fraction of sp³-hybridized carbons (Fsp3) is 0.917. The monoisotopic (exact) mass is 212 g/mol. The number of nitrogens with one attached hydrogen (secondary N) is 1. The SMILES string of the molecule is CC(C)CCCC(=O)NCC1(CN)CC1. The van der Waals surface area contributed by atoms with Crippen molar-refractivity contribution in [1.29, 1.82) is 0 Å². The Bertz CT molecular complexity index is 210. The zero-order chi connectivity index (χ0) is 11.3. The smallest absolute Gasteiger partial charge is 0.220 e. The van der Waals surface area contributed by atoms with E-state index in [1.54, 1.807) is 0 Å². The second-order valence-electron chi connectivity index (χ2n) is 5.27. The van der Waals surface area contributed by atoms with E-state index in [2.05, 4.69) is 19.2 Å². The highest BCUT2D eigenvalue weighted by Gasteiger charge is 2.41. The highest BCUT2D eigenvalue weighted by molar-refractivity contribution is 5.75. The van der Waals surface area contributed by atoms with Crippen LogP contribution >= 0.6 is 0 Å². The Balaban J connectivity index is 2.04. The molecule has 0 aliphatic heterocycles. The third-order valence-corrected chi connectivity index (χ3v) is 3.24. The van der Waals surface area contributed by atoms with Crippen LogP contribution in [0.4, 0.5) is 0 Å². The van der Waals surface area contributed by atoms with Gasteiger partial charge in [-0.1, -0.05) is 20.3 Å². The van der Waals surface area contributed by atoms with Crippen LogP contribution in [0.5, 0.6) is 0 Å². The van der Waals surface area contributed by atoms with Crippen molar-refractivity contribution >= 4 is 5.91 Å². The molecule has 0 unspecified atom stereocenters. The van der Waals surface area contributed by atoms with E-state index in [1.807, 2.05) is 0 Å². The van der Waals surface area contributed by atoms with Crippen LogP contribution in [-0.2, 0) is 4.79 Å². The maximum atomic E-state index is 11.5. The normalized spacial score (nSPS) is 17.9. The predicted octanol–water partition coefficient (Wildman–Crippen LogP) is 1.67. The Labute approximate surface area is 92.8 Å². The molecule has 3 nitrogen and oxygen atoms in total. The summed E-state index contributed by atoms with van der Waals surface area (Å²) in [5.74, 6) is 0.881. The van der Waals surface area contributed by atoms with Gasteiger partial charge in [-0.2, -0.15) is 0 Å². The van der Waals surface area contributed by atoms with Crippen molar-refractivity contribution in [2.45, 2.75) is 46.0 Å². The topological polar surface area (TPSA) is 55.1 Å². The van der Waals surface area contributed by atoms with Gasteiger partial charge in [-0.05, 0) is 37.1 Å². The van der Waals surface area contributed by atoms with Gasteiger partial charge in [-0.15, -0.1) is 0 Å². The van der Waals surface area contributed by atoms with E-state index in [0.717, 1.165) is 19.4 Å². The van der Waals surface area contributed by atoms with Crippen molar-refractivity contribution < 1.29 is 4.79 Å². The molecule has 1 amide bonds. The third-order valence-electron chi connectivity index (χ3n) is 3.24. The Kier molecular flexibility index (Phi) is 4.58. The average Bonchev–Trinajstić information content (AvgIpc) is 2.95. The average molecular weight is 212 g/mol. The zero-order valence-electron chi connectivity index (χ0n) is 10.0. The molecule has 3 N–H and O–H groups in total. The van der Waals surface area contributed by atoms with Gasteiger partial charge in [0.25, 0.3) is 0 Å². The van der Waals surface area contributed by atoms with Crippen LogP contribution < -0.4 is 11.1 Å². The fourth-order valence-corrected chi connectivity index (χ4v) is 1.68. The Morgan fingerprint density at radius 2 is 2.13 bits per heavy atom. The van der Waals surface area contributed by atoms with E-state index in [9.17, 15) is 4.79 Å². The minimum Gasteiger partial charge on any atom is -0.355 e. The van der Waals surface area contributed by atoms with Gasteiger partial charge >= 0.3 is 0 Å². The van der Waals surface area contributed by atoms with Crippen molar-refractivity contribution in [1.82, 2.24) is 5.32 Å². The lowest BCUT2D eigenvalue weighted by Gasteiger charge is -2.13. The molecule has 15 heavy (non-hydrogen) atoms. The highest BCUT2D eigenvalue weighted by Crippen LogP contribution is 2.43. The molecule has 0 bridgehead atoms. The molecular formula is C12H24N2O. The van der Waals surface area contributed by atoms with E-state index in [0.29, 0.717) is 18.9 Å². The first-order chi connectivity index (χ1) is 7.08. The van der Waals surface area contributed by atoms with Crippen molar-refractivity contribution in [2.75, 3.05) is 13.1 Å². The first kappa shape index (κ1) is 12.5. The van der Waals surface area contributed by atoms with Gasteiger partial charge in [0.05, 0.1) is 0 Å². The number of hydrogen-bond donors (Lipinski definition) is 2. The van der Waals surface area contributed by atoms with E-state index in [4.69, 9.17) is 5.73 Å². The van der Waals surface area contributed by atoms with E-state index < -0.39 is 0 Å². The molecule has 1 aliphatic rings. The summed E-state index contributed by atoms with van der Waals surface area (Å²) in [6.07, 6.45) is 5.15. The van der Waals surface area contributed by atoms with E-state index in [1.165, 1.54) is 12.8 Å². The molecule has 3 heteroatoms. The summed E-state index contributed by atoms with van der Waals surface area (Å²) in [4.78, 5) is 11.5.